The zero-order valence-electron chi connectivity index (χ0n) is 10.8. The second kappa shape index (κ2) is 5.44. The highest BCUT2D eigenvalue weighted by atomic mass is 16.5. The molecular formula is C13H16N4O. The molecule has 0 atom stereocenters. The normalized spacial score (nSPS) is 10.2. The molecule has 0 aliphatic carbocycles. The summed E-state index contributed by atoms with van der Waals surface area (Å²) in [4.78, 5) is 12.7. The molecule has 2 rings (SSSR count). The lowest BCUT2D eigenvalue weighted by molar-refractivity contribution is 0.397. The molecule has 2 heterocycles. The van der Waals surface area contributed by atoms with Gasteiger partial charge in [-0.1, -0.05) is 6.07 Å². The molecule has 0 bridgehead atoms. The lowest BCUT2D eigenvalue weighted by atomic mass is 10.3. The van der Waals surface area contributed by atoms with Crippen LogP contribution >= 0.6 is 0 Å². The van der Waals surface area contributed by atoms with E-state index in [0.29, 0.717) is 12.4 Å². The summed E-state index contributed by atoms with van der Waals surface area (Å²) in [6, 6.07) is 5.73. The highest BCUT2D eigenvalue weighted by Crippen LogP contribution is 2.10. The van der Waals surface area contributed by atoms with Crippen molar-refractivity contribution < 1.29 is 4.74 Å². The van der Waals surface area contributed by atoms with Gasteiger partial charge in [0.1, 0.15) is 11.6 Å². The smallest absolute Gasteiger partial charge is 0.212 e. The molecule has 0 fully saturated rings. The number of anilines is 1. The number of rotatable bonds is 4. The zero-order chi connectivity index (χ0) is 13.0. The van der Waals surface area contributed by atoms with Crippen molar-refractivity contribution in [2.24, 2.45) is 0 Å². The largest absolute Gasteiger partial charge is 0.481 e. The number of pyridine rings is 1. The summed E-state index contributed by atoms with van der Waals surface area (Å²) in [5, 5.41) is 3.25. The number of nitrogens with one attached hydrogen (secondary N) is 1. The molecule has 18 heavy (non-hydrogen) atoms. The zero-order valence-corrected chi connectivity index (χ0v) is 10.8. The summed E-state index contributed by atoms with van der Waals surface area (Å²) in [6.45, 7) is 4.51. The quantitative estimate of drug-likeness (QED) is 0.892. The van der Waals surface area contributed by atoms with Crippen molar-refractivity contribution in [2.75, 3.05) is 12.4 Å². The second-order valence-corrected chi connectivity index (χ2v) is 4.00. The minimum absolute atomic E-state index is 0.618. The number of aryl methyl sites for hydroxylation is 2. The van der Waals surface area contributed by atoms with Crippen molar-refractivity contribution in [2.45, 2.75) is 20.4 Å². The number of ether oxygens (including phenoxy) is 1. The van der Waals surface area contributed by atoms with E-state index in [1.165, 1.54) is 0 Å². The van der Waals surface area contributed by atoms with E-state index in [2.05, 4.69) is 20.3 Å². The first kappa shape index (κ1) is 12.3. The van der Waals surface area contributed by atoms with Crippen molar-refractivity contribution in [3.63, 3.8) is 0 Å². The molecule has 2 aromatic heterocycles. The van der Waals surface area contributed by atoms with Gasteiger partial charge in [0.25, 0.3) is 0 Å². The molecule has 0 spiro atoms. The van der Waals surface area contributed by atoms with Gasteiger partial charge in [0, 0.05) is 30.6 Å². The fourth-order valence-electron chi connectivity index (χ4n) is 1.64. The second-order valence-electron chi connectivity index (χ2n) is 4.00. The maximum Gasteiger partial charge on any atom is 0.212 e. The molecule has 5 nitrogen and oxygen atoms in total. The van der Waals surface area contributed by atoms with Gasteiger partial charge in [-0.25, -0.2) is 15.0 Å². The average molecular weight is 244 g/mol. The van der Waals surface area contributed by atoms with Gasteiger partial charge in [-0.15, -0.1) is 0 Å². The van der Waals surface area contributed by atoms with Gasteiger partial charge >= 0.3 is 0 Å². The van der Waals surface area contributed by atoms with Crippen molar-refractivity contribution in [1.29, 1.82) is 0 Å². The highest BCUT2D eigenvalue weighted by molar-refractivity contribution is 5.36. The number of methoxy groups -OCH3 is 1. The molecule has 0 aliphatic rings. The Kier molecular flexibility index (Phi) is 3.72. The van der Waals surface area contributed by atoms with Crippen LogP contribution in [0.4, 0.5) is 5.82 Å². The maximum atomic E-state index is 5.01. The van der Waals surface area contributed by atoms with Crippen LogP contribution in [-0.4, -0.2) is 22.1 Å². The SMILES string of the molecule is COc1ccc(CNc2cc(C)nc(C)n2)cn1. The van der Waals surface area contributed by atoms with E-state index in [1.807, 2.05) is 32.0 Å². The van der Waals surface area contributed by atoms with E-state index in [-0.39, 0.29) is 0 Å². The minimum atomic E-state index is 0.618. The van der Waals surface area contributed by atoms with Crippen LogP contribution < -0.4 is 10.1 Å². The molecule has 0 aromatic carbocycles. The summed E-state index contributed by atoms with van der Waals surface area (Å²) >= 11 is 0. The molecule has 0 unspecified atom stereocenters. The van der Waals surface area contributed by atoms with Crippen LogP contribution in [0.3, 0.4) is 0 Å². The lowest BCUT2D eigenvalue weighted by Gasteiger charge is -2.07. The molecular weight excluding hydrogens is 228 g/mol. The molecule has 0 saturated heterocycles. The van der Waals surface area contributed by atoms with E-state index < -0.39 is 0 Å². The first-order valence-electron chi connectivity index (χ1n) is 5.72. The van der Waals surface area contributed by atoms with Gasteiger partial charge in [-0.3, -0.25) is 0 Å². The highest BCUT2D eigenvalue weighted by Gasteiger charge is 1.99. The van der Waals surface area contributed by atoms with Crippen molar-refractivity contribution >= 4 is 5.82 Å². The predicted molar refractivity (Wildman–Crippen MR) is 69.6 cm³/mol. The predicted octanol–water partition coefficient (Wildman–Crippen LogP) is 2.11. The standard InChI is InChI=1S/C13H16N4O/c1-9-6-12(17-10(2)16-9)14-7-11-4-5-13(18-3)15-8-11/h4-6,8H,7H2,1-3H3,(H,14,16,17). The number of aromatic nitrogens is 3. The molecule has 0 amide bonds. The monoisotopic (exact) mass is 244 g/mol. The fourth-order valence-corrected chi connectivity index (χ4v) is 1.64. The maximum absolute atomic E-state index is 5.01. The Balaban J connectivity index is 2.01. The third kappa shape index (κ3) is 3.16. The Labute approximate surface area is 106 Å². The van der Waals surface area contributed by atoms with Gasteiger partial charge in [0.15, 0.2) is 0 Å². The topological polar surface area (TPSA) is 59.9 Å². The van der Waals surface area contributed by atoms with Gasteiger partial charge in [-0.05, 0) is 19.4 Å². The van der Waals surface area contributed by atoms with Crippen molar-refractivity contribution in [3.05, 3.63) is 41.5 Å². The summed E-state index contributed by atoms with van der Waals surface area (Å²) in [5.74, 6) is 2.22. The Morgan fingerprint density at radius 2 is 2.06 bits per heavy atom. The third-order valence-corrected chi connectivity index (χ3v) is 2.45. The van der Waals surface area contributed by atoms with Crippen LogP contribution in [0.2, 0.25) is 0 Å². The van der Waals surface area contributed by atoms with Crippen molar-refractivity contribution in [3.8, 4) is 5.88 Å². The molecule has 94 valence electrons. The van der Waals surface area contributed by atoms with Crippen LogP contribution in [0.5, 0.6) is 5.88 Å². The average Bonchev–Trinajstić information content (AvgIpc) is 2.36. The van der Waals surface area contributed by atoms with E-state index >= 15 is 0 Å². The van der Waals surface area contributed by atoms with E-state index in [0.717, 1.165) is 22.9 Å². The number of hydrogen-bond acceptors (Lipinski definition) is 5. The van der Waals surface area contributed by atoms with Gasteiger partial charge in [0.05, 0.1) is 7.11 Å². The van der Waals surface area contributed by atoms with Gasteiger partial charge in [-0.2, -0.15) is 0 Å². The van der Waals surface area contributed by atoms with Gasteiger partial charge < -0.3 is 10.1 Å². The van der Waals surface area contributed by atoms with E-state index in [1.54, 1.807) is 13.3 Å². The van der Waals surface area contributed by atoms with Crippen LogP contribution in [0.25, 0.3) is 0 Å². The molecule has 1 N–H and O–H groups in total. The van der Waals surface area contributed by atoms with Crippen molar-refractivity contribution in [1.82, 2.24) is 15.0 Å². The minimum Gasteiger partial charge on any atom is -0.481 e. The Bertz CT molecular complexity index is 505. The summed E-state index contributed by atoms with van der Waals surface area (Å²) in [6.07, 6.45) is 1.78. The Morgan fingerprint density at radius 3 is 2.67 bits per heavy atom. The number of nitrogens with zero attached hydrogens (tertiary/aromatic N) is 3. The molecule has 0 aliphatic heterocycles. The van der Waals surface area contributed by atoms with Crippen LogP contribution in [0, 0.1) is 13.8 Å². The lowest BCUT2D eigenvalue weighted by Crippen LogP contribution is -2.04. The van der Waals surface area contributed by atoms with Crippen LogP contribution in [0.15, 0.2) is 24.4 Å². The molecule has 5 heteroatoms. The van der Waals surface area contributed by atoms with Crippen LogP contribution in [-0.2, 0) is 6.54 Å². The van der Waals surface area contributed by atoms with E-state index in [4.69, 9.17) is 4.74 Å². The Morgan fingerprint density at radius 1 is 1.22 bits per heavy atom. The molecule has 2 aromatic rings. The molecule has 0 radical (unpaired) electrons. The van der Waals surface area contributed by atoms with E-state index in [9.17, 15) is 0 Å². The summed E-state index contributed by atoms with van der Waals surface area (Å²) in [7, 11) is 1.60. The first-order chi connectivity index (χ1) is 8.67. The summed E-state index contributed by atoms with van der Waals surface area (Å²) in [5.41, 5.74) is 2.03. The molecule has 0 saturated carbocycles. The number of hydrogen-bond donors (Lipinski definition) is 1. The first-order valence-corrected chi connectivity index (χ1v) is 5.72. The van der Waals surface area contributed by atoms with Crippen LogP contribution in [0.1, 0.15) is 17.1 Å². The third-order valence-electron chi connectivity index (χ3n) is 2.45. The van der Waals surface area contributed by atoms with Gasteiger partial charge in [0.2, 0.25) is 5.88 Å². The fraction of sp³-hybridized carbons (Fsp3) is 0.308. The summed E-state index contributed by atoms with van der Waals surface area (Å²) < 4.78 is 5.01. The Hall–Kier alpha value is -2.17.